The van der Waals surface area contributed by atoms with E-state index in [-0.39, 0.29) is 10.8 Å². The molecule has 132 valence electrons. The van der Waals surface area contributed by atoms with Crippen molar-refractivity contribution in [1.82, 2.24) is 20.0 Å². The van der Waals surface area contributed by atoms with E-state index in [9.17, 15) is 18.0 Å². The van der Waals surface area contributed by atoms with Crippen molar-refractivity contribution in [3.63, 3.8) is 0 Å². The van der Waals surface area contributed by atoms with Crippen LogP contribution < -0.4 is 5.32 Å². The molecule has 0 bridgehead atoms. The van der Waals surface area contributed by atoms with Gasteiger partial charge in [-0.2, -0.15) is 18.3 Å². The van der Waals surface area contributed by atoms with Gasteiger partial charge in [-0.15, -0.1) is 10.2 Å². The van der Waals surface area contributed by atoms with E-state index in [1.165, 1.54) is 36.9 Å². The smallest absolute Gasteiger partial charge is 0.299 e. The quantitative estimate of drug-likeness (QED) is 0.607. The van der Waals surface area contributed by atoms with Crippen LogP contribution in [-0.2, 0) is 11.0 Å². The van der Waals surface area contributed by atoms with Crippen molar-refractivity contribution >= 4 is 45.7 Å². The number of aromatic nitrogens is 4. The molecule has 0 aromatic carbocycles. The Hall–Kier alpha value is -1.33. The molecule has 0 aliphatic heterocycles. The highest BCUT2D eigenvalue weighted by Gasteiger charge is 2.39. The molecule has 0 spiro atoms. The van der Waals surface area contributed by atoms with E-state index in [0.29, 0.717) is 4.34 Å². The predicted octanol–water partition coefficient (Wildman–Crippen LogP) is 4.03. The van der Waals surface area contributed by atoms with Gasteiger partial charge in [0, 0.05) is 0 Å². The third kappa shape index (κ3) is 4.01. The minimum atomic E-state index is -4.69. The number of carbonyl (C=O) groups is 1. The third-order valence-corrected chi connectivity index (χ3v) is 5.30. The van der Waals surface area contributed by atoms with Crippen LogP contribution in [0, 0.1) is 6.92 Å². The molecular weight excluding hydrogens is 387 g/mol. The molecule has 0 aliphatic carbocycles. The van der Waals surface area contributed by atoms with E-state index < -0.39 is 28.8 Å². The van der Waals surface area contributed by atoms with Crippen molar-refractivity contribution in [3.05, 3.63) is 16.4 Å². The molecular formula is C12H13ClF3N5OS2. The fourth-order valence-corrected chi connectivity index (χ4v) is 3.70. The van der Waals surface area contributed by atoms with Gasteiger partial charge in [-0.05, 0) is 19.6 Å². The Morgan fingerprint density at radius 3 is 2.67 bits per heavy atom. The van der Waals surface area contributed by atoms with Crippen LogP contribution in [0.5, 0.6) is 0 Å². The lowest BCUT2D eigenvalue weighted by Crippen LogP contribution is -2.25. The fraction of sp³-hybridized carbons (Fsp3) is 0.500. The highest BCUT2D eigenvalue weighted by molar-refractivity contribution is 8.01. The van der Waals surface area contributed by atoms with Gasteiger partial charge in [0.2, 0.25) is 5.13 Å². The predicted molar refractivity (Wildman–Crippen MR) is 86.6 cm³/mol. The van der Waals surface area contributed by atoms with Gasteiger partial charge in [0.1, 0.15) is 6.04 Å². The summed E-state index contributed by atoms with van der Waals surface area (Å²) in [5.41, 5.74) is -1.15. The lowest BCUT2D eigenvalue weighted by atomic mass is 10.3. The van der Waals surface area contributed by atoms with Gasteiger partial charge in [-0.1, -0.05) is 41.6 Å². The van der Waals surface area contributed by atoms with Crippen LogP contribution in [0.1, 0.15) is 31.3 Å². The molecule has 24 heavy (non-hydrogen) atoms. The van der Waals surface area contributed by atoms with E-state index in [2.05, 4.69) is 20.6 Å². The zero-order chi connectivity index (χ0) is 18.1. The Morgan fingerprint density at radius 1 is 1.46 bits per heavy atom. The summed E-state index contributed by atoms with van der Waals surface area (Å²) in [7, 11) is 0. The van der Waals surface area contributed by atoms with E-state index in [0.717, 1.165) is 10.4 Å². The first kappa shape index (κ1) is 19.0. The number of alkyl halides is 3. The normalized spacial score (nSPS) is 13.1. The molecule has 0 saturated carbocycles. The SMILES string of the molecule is CCSc1nnc(NC(=O)[C@H](C)n2nc(C(F)(F)F)c(Cl)c2C)s1. The van der Waals surface area contributed by atoms with Gasteiger partial charge >= 0.3 is 6.18 Å². The standard InChI is InChI=1S/C12H13ClF3N5OS2/c1-4-23-11-19-18-10(24-11)17-9(22)6(3)21-5(2)7(13)8(20-21)12(14,15)16/h6H,4H2,1-3H3,(H,17,18,22)/t6-/m0/s1. The zero-order valence-electron chi connectivity index (χ0n) is 12.8. The number of rotatable bonds is 5. The van der Waals surface area contributed by atoms with E-state index in [1.54, 1.807) is 0 Å². The van der Waals surface area contributed by atoms with Gasteiger partial charge in [0.25, 0.3) is 5.91 Å². The van der Waals surface area contributed by atoms with Crippen LogP contribution in [0.25, 0.3) is 0 Å². The number of carbonyl (C=O) groups excluding carboxylic acids is 1. The van der Waals surface area contributed by atoms with E-state index in [1.807, 2.05) is 6.92 Å². The molecule has 2 rings (SSSR count). The molecule has 0 saturated heterocycles. The van der Waals surface area contributed by atoms with Crippen LogP contribution >= 0.6 is 34.7 Å². The summed E-state index contributed by atoms with van der Waals surface area (Å²) in [5, 5.41) is 13.4. The second-order valence-electron chi connectivity index (χ2n) is 4.66. The van der Waals surface area contributed by atoms with Crippen molar-refractivity contribution in [1.29, 1.82) is 0 Å². The Bertz CT molecular complexity index is 746. The van der Waals surface area contributed by atoms with Crippen molar-refractivity contribution in [3.8, 4) is 0 Å². The van der Waals surface area contributed by atoms with Gasteiger partial charge in [0.05, 0.1) is 10.7 Å². The molecule has 0 fully saturated rings. The topological polar surface area (TPSA) is 72.7 Å². The number of nitrogens with zero attached hydrogens (tertiary/aromatic N) is 4. The Kier molecular flexibility index (Phi) is 5.76. The van der Waals surface area contributed by atoms with Crippen molar-refractivity contribution in [2.75, 3.05) is 11.1 Å². The van der Waals surface area contributed by atoms with Crippen molar-refractivity contribution in [2.45, 2.75) is 37.3 Å². The summed E-state index contributed by atoms with van der Waals surface area (Å²) < 4.78 is 40.2. The van der Waals surface area contributed by atoms with Crippen LogP contribution in [0.15, 0.2) is 4.34 Å². The lowest BCUT2D eigenvalue weighted by Gasteiger charge is -2.13. The summed E-state index contributed by atoms with van der Waals surface area (Å²) in [6.45, 7) is 4.75. The van der Waals surface area contributed by atoms with Crippen molar-refractivity contribution in [2.24, 2.45) is 0 Å². The average molecular weight is 400 g/mol. The molecule has 2 heterocycles. The molecule has 2 aromatic heterocycles. The molecule has 1 amide bonds. The largest absolute Gasteiger partial charge is 0.436 e. The average Bonchev–Trinajstić information content (AvgIpc) is 3.04. The van der Waals surface area contributed by atoms with Gasteiger partial charge in [-0.3, -0.25) is 14.8 Å². The third-order valence-electron chi connectivity index (χ3n) is 3.00. The number of halogens is 4. The summed E-state index contributed by atoms with van der Waals surface area (Å²) in [4.78, 5) is 12.2. The van der Waals surface area contributed by atoms with Crippen LogP contribution in [0.3, 0.4) is 0 Å². The van der Waals surface area contributed by atoms with Crippen molar-refractivity contribution < 1.29 is 18.0 Å². The first-order chi connectivity index (χ1) is 11.1. The molecule has 2 aromatic rings. The fourth-order valence-electron chi connectivity index (χ4n) is 1.82. The Balaban J connectivity index is 2.18. The first-order valence-corrected chi connectivity index (χ1v) is 8.92. The number of nitrogens with one attached hydrogen (secondary N) is 1. The molecule has 1 atom stereocenters. The number of hydrogen-bond acceptors (Lipinski definition) is 6. The number of anilines is 1. The minimum Gasteiger partial charge on any atom is -0.299 e. The number of amides is 1. The molecule has 6 nitrogen and oxygen atoms in total. The monoisotopic (exact) mass is 399 g/mol. The maximum absolute atomic E-state index is 12.8. The molecule has 12 heteroatoms. The van der Waals surface area contributed by atoms with Crippen LogP contribution in [0.4, 0.5) is 18.3 Å². The van der Waals surface area contributed by atoms with Gasteiger partial charge < -0.3 is 0 Å². The summed E-state index contributed by atoms with van der Waals surface area (Å²) >= 11 is 8.35. The zero-order valence-corrected chi connectivity index (χ0v) is 15.2. The second kappa shape index (κ2) is 7.28. The highest BCUT2D eigenvalue weighted by atomic mass is 35.5. The summed E-state index contributed by atoms with van der Waals surface area (Å²) in [6.07, 6.45) is -4.69. The van der Waals surface area contributed by atoms with E-state index in [4.69, 9.17) is 11.6 Å². The summed E-state index contributed by atoms with van der Waals surface area (Å²) in [5.74, 6) is 0.250. The Labute approximate surface area is 148 Å². The lowest BCUT2D eigenvalue weighted by molar-refractivity contribution is -0.141. The number of thioether (sulfide) groups is 1. The minimum absolute atomic E-state index is 0.0612. The highest BCUT2D eigenvalue weighted by Crippen LogP contribution is 2.36. The van der Waals surface area contributed by atoms with E-state index >= 15 is 0 Å². The molecule has 0 radical (unpaired) electrons. The summed E-state index contributed by atoms with van der Waals surface area (Å²) in [6, 6.07) is -0.996. The molecule has 0 unspecified atom stereocenters. The van der Waals surface area contributed by atoms with Crippen LogP contribution in [0.2, 0.25) is 5.02 Å². The first-order valence-electron chi connectivity index (χ1n) is 6.74. The maximum atomic E-state index is 12.8. The van der Waals surface area contributed by atoms with Gasteiger partial charge in [-0.25, -0.2) is 0 Å². The van der Waals surface area contributed by atoms with Crippen LogP contribution in [-0.4, -0.2) is 31.6 Å². The van der Waals surface area contributed by atoms with Gasteiger partial charge in [0.15, 0.2) is 10.0 Å². The second-order valence-corrected chi connectivity index (χ2v) is 7.53. The molecule has 0 aliphatic rings. The maximum Gasteiger partial charge on any atom is 0.436 e. The number of hydrogen-bond donors (Lipinski definition) is 1. The Morgan fingerprint density at radius 2 is 2.12 bits per heavy atom. The molecule has 1 N–H and O–H groups in total.